The van der Waals surface area contributed by atoms with Crippen molar-refractivity contribution in [2.75, 3.05) is 6.61 Å². The third kappa shape index (κ3) is 3.36. The number of ketones is 1. The minimum Gasteiger partial charge on any atom is -0.447 e. The molecule has 1 N–H and O–H groups in total. The number of carbonyl (C=O) groups is 3. The molecule has 9 atom stereocenters. The van der Waals surface area contributed by atoms with Crippen molar-refractivity contribution < 1.29 is 37.7 Å². The summed E-state index contributed by atoms with van der Waals surface area (Å²) in [6.07, 6.45) is 0.184. The third-order valence-electron chi connectivity index (χ3n) is 11.6. The zero-order chi connectivity index (χ0) is 28.9. The lowest BCUT2D eigenvalue weighted by Crippen LogP contribution is -2.68. The van der Waals surface area contributed by atoms with Gasteiger partial charge in [0.05, 0.1) is 12.0 Å². The van der Waals surface area contributed by atoms with E-state index in [1.54, 1.807) is 13.0 Å². The van der Waals surface area contributed by atoms with E-state index in [2.05, 4.69) is 0 Å². The first-order chi connectivity index (χ1) is 18.0. The van der Waals surface area contributed by atoms with Crippen molar-refractivity contribution in [1.29, 1.82) is 5.26 Å². The molecular weight excluding hydrogens is 508 g/mol. The molecule has 39 heavy (non-hydrogen) atoms. The molecule has 0 heterocycles. The van der Waals surface area contributed by atoms with Gasteiger partial charge in [-0.25, -0.2) is 13.6 Å². The maximum Gasteiger partial charge on any atom is 0.352 e. The zero-order valence-electron chi connectivity index (χ0n) is 23.3. The normalized spacial score (nSPS) is 45.2. The van der Waals surface area contributed by atoms with E-state index in [0.717, 1.165) is 6.08 Å². The number of aliphatic hydroxyl groups excluding tert-OH is 1. The summed E-state index contributed by atoms with van der Waals surface area (Å²) in [5.74, 6) is -5.49. The van der Waals surface area contributed by atoms with Crippen LogP contribution in [0, 0.1) is 57.2 Å². The summed E-state index contributed by atoms with van der Waals surface area (Å²) >= 11 is 0. The molecule has 0 spiro atoms. The van der Waals surface area contributed by atoms with Crippen molar-refractivity contribution >= 4 is 17.7 Å². The minimum absolute atomic E-state index is 0.0154. The number of hydrogen-bond donors (Lipinski definition) is 1. The molecule has 5 aliphatic carbocycles. The van der Waals surface area contributed by atoms with Gasteiger partial charge in [-0.1, -0.05) is 40.7 Å². The molecule has 5 rings (SSSR count). The van der Waals surface area contributed by atoms with Gasteiger partial charge in [0.15, 0.2) is 18.1 Å². The molecule has 0 saturated heterocycles. The van der Waals surface area contributed by atoms with Crippen LogP contribution in [0.3, 0.4) is 0 Å². The fourth-order valence-corrected chi connectivity index (χ4v) is 8.88. The van der Waals surface area contributed by atoms with Crippen molar-refractivity contribution in [3.8, 4) is 6.07 Å². The van der Waals surface area contributed by atoms with Crippen molar-refractivity contribution in [2.24, 2.45) is 45.8 Å². The zero-order valence-corrected chi connectivity index (χ0v) is 23.3. The second-order valence-corrected chi connectivity index (χ2v) is 13.6. The maximum absolute atomic E-state index is 17.4. The molecular formula is C30H37F2NO6. The van der Waals surface area contributed by atoms with Gasteiger partial charge in [0, 0.05) is 23.2 Å². The Hall–Kier alpha value is -2.60. The van der Waals surface area contributed by atoms with Crippen molar-refractivity contribution in [3.05, 3.63) is 23.8 Å². The fourth-order valence-electron chi connectivity index (χ4n) is 8.88. The number of aliphatic hydroxyl groups is 1. The molecule has 5 aliphatic rings. The van der Waals surface area contributed by atoms with E-state index in [0.29, 0.717) is 0 Å². The fraction of sp³-hybridized carbons (Fsp3) is 0.733. The summed E-state index contributed by atoms with van der Waals surface area (Å²) in [4.78, 5) is 39.3. The van der Waals surface area contributed by atoms with E-state index >= 15 is 8.78 Å². The topological polar surface area (TPSA) is 114 Å². The molecule has 0 aromatic carbocycles. The summed E-state index contributed by atoms with van der Waals surface area (Å²) < 4.78 is 44.4. The van der Waals surface area contributed by atoms with Gasteiger partial charge in [-0.2, -0.15) is 5.26 Å². The van der Waals surface area contributed by atoms with Crippen LogP contribution < -0.4 is 0 Å². The van der Waals surface area contributed by atoms with Gasteiger partial charge in [-0.15, -0.1) is 0 Å². The molecule has 0 amide bonds. The first-order valence-electron chi connectivity index (χ1n) is 13.7. The second kappa shape index (κ2) is 8.45. The van der Waals surface area contributed by atoms with Crippen LogP contribution in [0.15, 0.2) is 23.8 Å². The van der Waals surface area contributed by atoms with E-state index in [1.807, 2.05) is 27.7 Å². The number of fused-ring (bicyclic) bond motifs is 5. The van der Waals surface area contributed by atoms with Crippen LogP contribution in [-0.4, -0.2) is 53.0 Å². The highest BCUT2D eigenvalue weighted by atomic mass is 19.1. The Labute approximate surface area is 227 Å². The highest BCUT2D eigenvalue weighted by Crippen LogP contribution is 2.71. The summed E-state index contributed by atoms with van der Waals surface area (Å²) in [5, 5.41) is 20.5. The van der Waals surface area contributed by atoms with Crippen molar-refractivity contribution in [3.63, 3.8) is 0 Å². The van der Waals surface area contributed by atoms with Gasteiger partial charge in [-0.05, 0) is 60.7 Å². The van der Waals surface area contributed by atoms with E-state index in [4.69, 9.17) is 14.7 Å². The number of hydrogen-bond acceptors (Lipinski definition) is 7. The molecule has 212 valence electrons. The van der Waals surface area contributed by atoms with Crippen LogP contribution in [0.2, 0.25) is 0 Å². The van der Waals surface area contributed by atoms with E-state index in [9.17, 15) is 19.5 Å². The summed E-state index contributed by atoms with van der Waals surface area (Å²) in [7, 11) is 0. The van der Waals surface area contributed by atoms with Crippen LogP contribution in [0.25, 0.3) is 0 Å². The molecule has 0 bridgehead atoms. The summed E-state index contributed by atoms with van der Waals surface area (Å²) in [5.41, 5.74) is -6.45. The third-order valence-corrected chi connectivity index (χ3v) is 11.6. The second-order valence-electron chi connectivity index (χ2n) is 13.6. The Balaban J connectivity index is 1.57. The SMILES string of the molecule is C[C@@H]1C[C@@H]2C(C[C@H](O)[C@@]3(F)[C@H]2C[C@H](F)C2=CC(=O)C=C[C@@]23C)[C@@]1(OC(=O)C1C(C)(C)C1(C)C)C(=O)OCC#N. The quantitative estimate of drug-likeness (QED) is 0.527. The molecule has 0 aliphatic heterocycles. The number of esters is 2. The number of nitriles is 1. The van der Waals surface area contributed by atoms with E-state index in [-0.39, 0.29) is 35.7 Å². The van der Waals surface area contributed by atoms with Crippen LogP contribution in [0.5, 0.6) is 0 Å². The van der Waals surface area contributed by atoms with Gasteiger partial charge in [0.2, 0.25) is 5.60 Å². The number of alkyl halides is 2. The lowest BCUT2D eigenvalue weighted by molar-refractivity contribution is -0.215. The van der Waals surface area contributed by atoms with Crippen molar-refractivity contribution in [1.82, 2.24) is 0 Å². The molecule has 1 unspecified atom stereocenters. The smallest absolute Gasteiger partial charge is 0.352 e. The first-order valence-corrected chi connectivity index (χ1v) is 13.7. The number of rotatable bonds is 4. The van der Waals surface area contributed by atoms with Crippen LogP contribution in [-0.2, 0) is 23.9 Å². The molecule has 7 nitrogen and oxygen atoms in total. The lowest BCUT2D eigenvalue weighted by Gasteiger charge is -2.60. The minimum atomic E-state index is -2.31. The van der Waals surface area contributed by atoms with Gasteiger partial charge < -0.3 is 14.6 Å². The Kier molecular flexibility index (Phi) is 6.06. The summed E-state index contributed by atoms with van der Waals surface area (Å²) in [6.45, 7) is 10.4. The highest BCUT2D eigenvalue weighted by Gasteiger charge is 2.76. The van der Waals surface area contributed by atoms with Crippen molar-refractivity contribution in [2.45, 2.75) is 84.4 Å². The van der Waals surface area contributed by atoms with Gasteiger partial charge in [0.25, 0.3) is 0 Å². The monoisotopic (exact) mass is 545 g/mol. The van der Waals surface area contributed by atoms with E-state index < -0.39 is 82.9 Å². The predicted molar refractivity (Wildman–Crippen MR) is 135 cm³/mol. The Bertz CT molecular complexity index is 1220. The number of nitrogens with zero attached hydrogens (tertiary/aromatic N) is 1. The molecule has 0 aromatic rings. The molecule has 0 aromatic heterocycles. The number of halogens is 2. The largest absolute Gasteiger partial charge is 0.447 e. The highest BCUT2D eigenvalue weighted by molar-refractivity contribution is 6.01. The van der Waals surface area contributed by atoms with Crippen LogP contribution in [0.4, 0.5) is 8.78 Å². The van der Waals surface area contributed by atoms with E-state index in [1.165, 1.54) is 19.1 Å². The number of allylic oxidation sites excluding steroid dienone is 4. The number of ether oxygens (including phenoxy) is 2. The molecule has 4 saturated carbocycles. The maximum atomic E-state index is 17.4. The average Bonchev–Trinajstić information content (AvgIpc) is 3.11. The molecule has 4 fully saturated rings. The standard InChI is InChI=1S/C30H37F2NO6/c1-15-11-17-18(29(15,25(37)38-10-9-33)39-24(36)23-26(2,3)27(23,4)5)14-22(35)30(32)19(17)13-21(31)20-12-16(34)7-8-28(20,30)6/h7-8,12,15,17-19,21-23,35H,10-11,13-14H2,1-6H3/t15-,17-,18?,19+,21+,22+,28+,29-,30+/m1/s1. The Morgan fingerprint density at radius 2 is 1.77 bits per heavy atom. The first kappa shape index (κ1) is 27.9. The summed E-state index contributed by atoms with van der Waals surface area (Å²) in [6, 6.07) is 1.76. The van der Waals surface area contributed by atoms with Gasteiger partial charge in [-0.3, -0.25) is 9.59 Å². The Morgan fingerprint density at radius 3 is 2.36 bits per heavy atom. The van der Waals surface area contributed by atoms with Gasteiger partial charge in [0.1, 0.15) is 12.2 Å². The lowest BCUT2D eigenvalue weighted by atomic mass is 9.47. The van der Waals surface area contributed by atoms with Gasteiger partial charge >= 0.3 is 11.9 Å². The number of carbonyl (C=O) groups excluding carboxylic acids is 3. The average molecular weight is 546 g/mol. The van der Waals surface area contributed by atoms with Crippen LogP contribution >= 0.6 is 0 Å². The Morgan fingerprint density at radius 1 is 1.13 bits per heavy atom. The molecule has 9 heteroatoms. The molecule has 0 radical (unpaired) electrons. The van der Waals surface area contributed by atoms with Crippen LogP contribution in [0.1, 0.15) is 60.8 Å². The predicted octanol–water partition coefficient (Wildman–Crippen LogP) is 4.19.